The molecule has 1 atom stereocenters. The molecule has 0 bridgehead atoms. The number of hydrogen-bond acceptors (Lipinski definition) is 4. The number of ether oxygens (including phenoxy) is 1. The monoisotopic (exact) mass is 300 g/mol. The summed E-state index contributed by atoms with van der Waals surface area (Å²) in [5.74, 6) is 0.417. The lowest BCUT2D eigenvalue weighted by molar-refractivity contribution is 0.0166. The number of urea groups is 1. The van der Waals surface area contributed by atoms with E-state index in [-0.39, 0.29) is 6.09 Å². The quantitative estimate of drug-likeness (QED) is 0.657. The van der Waals surface area contributed by atoms with Crippen molar-refractivity contribution in [2.24, 2.45) is 11.7 Å². The summed E-state index contributed by atoms with van der Waals surface area (Å²) in [6.07, 6.45) is 1.85. The minimum absolute atomic E-state index is 0.234. The van der Waals surface area contributed by atoms with Crippen LogP contribution < -0.4 is 16.4 Å². The molecule has 0 radical (unpaired) electrons. The smallest absolute Gasteiger partial charge is 0.410 e. The molecule has 1 rings (SSSR count). The Balaban J connectivity index is 2.25. The molecule has 0 aromatic heterocycles. The van der Waals surface area contributed by atoms with Crippen molar-refractivity contribution in [3.63, 3.8) is 0 Å². The van der Waals surface area contributed by atoms with Crippen LogP contribution in [0, 0.1) is 5.92 Å². The summed E-state index contributed by atoms with van der Waals surface area (Å²) in [5.41, 5.74) is 4.53. The highest BCUT2D eigenvalue weighted by atomic mass is 16.6. The van der Waals surface area contributed by atoms with Crippen molar-refractivity contribution in [2.75, 3.05) is 32.7 Å². The molecule has 0 aromatic carbocycles. The number of hydrogen-bond donors (Lipinski definition) is 3. The minimum atomic E-state index is -0.509. The van der Waals surface area contributed by atoms with E-state index in [9.17, 15) is 9.59 Å². The second-order valence-corrected chi connectivity index (χ2v) is 6.43. The number of amides is 3. The van der Waals surface area contributed by atoms with Gasteiger partial charge in [-0.2, -0.15) is 0 Å². The molecule has 0 saturated carbocycles. The summed E-state index contributed by atoms with van der Waals surface area (Å²) < 4.78 is 5.40. The summed E-state index contributed by atoms with van der Waals surface area (Å²) in [6, 6.07) is -0.509. The molecule has 1 aliphatic heterocycles. The van der Waals surface area contributed by atoms with Gasteiger partial charge in [0.25, 0.3) is 0 Å². The zero-order valence-corrected chi connectivity index (χ0v) is 13.3. The topological polar surface area (TPSA) is 96.7 Å². The predicted octanol–water partition coefficient (Wildman–Crippen LogP) is 0.891. The number of piperidine rings is 1. The molecule has 1 unspecified atom stereocenters. The molecule has 3 amide bonds. The standard InChI is InChI=1S/C14H28N4O3/c1-14(2,3)21-13(20)18-8-4-5-11(10-18)9-16-6-7-17-12(15)19/h11,16H,4-10H2,1-3H3,(H3,15,17,19). The van der Waals surface area contributed by atoms with E-state index < -0.39 is 11.6 Å². The van der Waals surface area contributed by atoms with Crippen molar-refractivity contribution >= 4 is 12.1 Å². The first kappa shape index (κ1) is 17.6. The third-order valence-corrected chi connectivity index (χ3v) is 3.20. The molecular formula is C14H28N4O3. The molecule has 0 aliphatic carbocycles. The zero-order chi connectivity index (χ0) is 15.9. The molecular weight excluding hydrogens is 272 g/mol. The maximum absolute atomic E-state index is 12.0. The van der Waals surface area contributed by atoms with Crippen LogP contribution in [-0.4, -0.2) is 55.3 Å². The SMILES string of the molecule is CC(C)(C)OC(=O)N1CCCC(CNCCNC(N)=O)C1. The van der Waals surface area contributed by atoms with Crippen molar-refractivity contribution in [3.05, 3.63) is 0 Å². The highest BCUT2D eigenvalue weighted by Crippen LogP contribution is 2.18. The summed E-state index contributed by atoms with van der Waals surface area (Å²) in [6.45, 7) is 9.10. The Morgan fingerprint density at radius 3 is 2.67 bits per heavy atom. The molecule has 1 aliphatic rings. The van der Waals surface area contributed by atoms with Crippen LogP contribution in [0.5, 0.6) is 0 Å². The first-order valence-corrected chi connectivity index (χ1v) is 7.50. The van der Waals surface area contributed by atoms with E-state index in [4.69, 9.17) is 10.5 Å². The van der Waals surface area contributed by atoms with Crippen LogP contribution >= 0.6 is 0 Å². The highest BCUT2D eigenvalue weighted by Gasteiger charge is 2.27. The first-order chi connectivity index (χ1) is 9.78. The van der Waals surface area contributed by atoms with Gasteiger partial charge in [0.2, 0.25) is 0 Å². The number of likely N-dealkylation sites (tertiary alicyclic amines) is 1. The minimum Gasteiger partial charge on any atom is -0.444 e. The number of nitrogens with one attached hydrogen (secondary N) is 2. The van der Waals surface area contributed by atoms with Crippen LogP contribution in [-0.2, 0) is 4.74 Å². The second-order valence-electron chi connectivity index (χ2n) is 6.43. The molecule has 7 nitrogen and oxygen atoms in total. The number of rotatable bonds is 5. The van der Waals surface area contributed by atoms with Crippen molar-refractivity contribution in [1.29, 1.82) is 0 Å². The average molecular weight is 300 g/mol. The van der Waals surface area contributed by atoms with Crippen LogP contribution in [0.4, 0.5) is 9.59 Å². The van der Waals surface area contributed by atoms with E-state index in [0.29, 0.717) is 25.6 Å². The van der Waals surface area contributed by atoms with Crippen molar-refractivity contribution < 1.29 is 14.3 Å². The Bertz CT molecular complexity index is 355. The van der Waals surface area contributed by atoms with Gasteiger partial charge in [0.15, 0.2) is 0 Å². The Hall–Kier alpha value is -1.50. The maximum Gasteiger partial charge on any atom is 0.410 e. The van der Waals surface area contributed by atoms with Gasteiger partial charge in [-0.05, 0) is 46.1 Å². The van der Waals surface area contributed by atoms with Gasteiger partial charge < -0.3 is 26.0 Å². The fourth-order valence-corrected chi connectivity index (χ4v) is 2.30. The second kappa shape index (κ2) is 8.07. The van der Waals surface area contributed by atoms with Gasteiger partial charge in [-0.15, -0.1) is 0 Å². The molecule has 4 N–H and O–H groups in total. The van der Waals surface area contributed by atoms with Gasteiger partial charge >= 0.3 is 12.1 Å². The van der Waals surface area contributed by atoms with Gasteiger partial charge in [-0.3, -0.25) is 0 Å². The average Bonchev–Trinajstić information content (AvgIpc) is 2.36. The third kappa shape index (κ3) is 7.75. The van der Waals surface area contributed by atoms with E-state index in [0.717, 1.165) is 25.9 Å². The highest BCUT2D eigenvalue weighted by molar-refractivity contribution is 5.71. The van der Waals surface area contributed by atoms with E-state index in [1.807, 2.05) is 20.8 Å². The van der Waals surface area contributed by atoms with Crippen molar-refractivity contribution in [1.82, 2.24) is 15.5 Å². The summed E-state index contributed by atoms with van der Waals surface area (Å²) >= 11 is 0. The molecule has 1 fully saturated rings. The molecule has 122 valence electrons. The van der Waals surface area contributed by atoms with E-state index in [1.165, 1.54) is 0 Å². The molecule has 1 saturated heterocycles. The first-order valence-electron chi connectivity index (χ1n) is 7.50. The van der Waals surface area contributed by atoms with Crippen molar-refractivity contribution in [2.45, 2.75) is 39.2 Å². The van der Waals surface area contributed by atoms with Crippen LogP contribution in [0.2, 0.25) is 0 Å². The molecule has 0 spiro atoms. The largest absolute Gasteiger partial charge is 0.444 e. The Morgan fingerprint density at radius 1 is 1.33 bits per heavy atom. The lowest BCUT2D eigenvalue weighted by Gasteiger charge is -2.34. The van der Waals surface area contributed by atoms with Crippen LogP contribution in [0.3, 0.4) is 0 Å². The van der Waals surface area contributed by atoms with Crippen molar-refractivity contribution in [3.8, 4) is 0 Å². The molecule has 0 aromatic rings. The summed E-state index contributed by atoms with van der Waals surface area (Å²) in [4.78, 5) is 24.3. The number of nitrogens with two attached hydrogens (primary N) is 1. The molecule has 1 heterocycles. The predicted molar refractivity (Wildman–Crippen MR) is 81.0 cm³/mol. The van der Waals surface area contributed by atoms with Gasteiger partial charge in [0, 0.05) is 26.2 Å². The van der Waals surface area contributed by atoms with Crippen LogP contribution in [0.1, 0.15) is 33.6 Å². The number of carbonyl (C=O) groups is 2. The van der Waals surface area contributed by atoms with E-state index in [1.54, 1.807) is 4.90 Å². The summed E-state index contributed by atoms with van der Waals surface area (Å²) in [5, 5.41) is 5.80. The Morgan fingerprint density at radius 2 is 2.05 bits per heavy atom. The third-order valence-electron chi connectivity index (χ3n) is 3.20. The van der Waals surface area contributed by atoms with Crippen LogP contribution in [0.25, 0.3) is 0 Å². The van der Waals surface area contributed by atoms with E-state index >= 15 is 0 Å². The lowest BCUT2D eigenvalue weighted by Crippen LogP contribution is -2.45. The lowest BCUT2D eigenvalue weighted by atomic mass is 9.98. The number of carbonyl (C=O) groups excluding carboxylic acids is 2. The van der Waals surface area contributed by atoms with Crippen LogP contribution in [0.15, 0.2) is 0 Å². The number of nitrogens with zero attached hydrogens (tertiary/aromatic N) is 1. The normalized spacial score (nSPS) is 19.2. The fraction of sp³-hybridized carbons (Fsp3) is 0.857. The van der Waals surface area contributed by atoms with E-state index in [2.05, 4.69) is 10.6 Å². The molecule has 21 heavy (non-hydrogen) atoms. The van der Waals surface area contributed by atoms with Gasteiger partial charge in [-0.25, -0.2) is 9.59 Å². The number of primary amides is 1. The summed E-state index contributed by atoms with van der Waals surface area (Å²) in [7, 11) is 0. The molecule has 7 heteroatoms. The Kier molecular flexibility index (Phi) is 6.74. The van der Waals surface area contributed by atoms with Gasteiger partial charge in [0.1, 0.15) is 5.60 Å². The fourth-order valence-electron chi connectivity index (χ4n) is 2.30. The maximum atomic E-state index is 12.0. The Labute approximate surface area is 126 Å². The zero-order valence-electron chi connectivity index (χ0n) is 13.3. The van der Waals surface area contributed by atoms with Gasteiger partial charge in [-0.1, -0.05) is 0 Å². The van der Waals surface area contributed by atoms with Gasteiger partial charge in [0.05, 0.1) is 0 Å².